The Morgan fingerprint density at radius 1 is 1.03 bits per heavy atom. The second-order valence-electron chi connectivity index (χ2n) is 7.31. The van der Waals surface area contributed by atoms with Crippen LogP contribution < -0.4 is 11.1 Å². The molecule has 3 aromatic heterocycles. The summed E-state index contributed by atoms with van der Waals surface area (Å²) in [5.41, 5.74) is 11.3. The molecule has 2 aromatic carbocycles. The number of fused-ring (bicyclic) bond motifs is 2. The number of pyridine rings is 1. The zero-order valence-electron chi connectivity index (χ0n) is 17.2. The third-order valence-corrected chi connectivity index (χ3v) is 5.01. The van der Waals surface area contributed by atoms with E-state index in [9.17, 15) is 4.79 Å². The number of anilines is 2. The molecule has 32 heavy (non-hydrogen) atoms. The number of benzene rings is 2. The first-order chi connectivity index (χ1) is 15.6. The number of carbonyl (C=O) groups excluding carboxylic acids is 1. The molecule has 1 amide bonds. The van der Waals surface area contributed by atoms with Gasteiger partial charge in [-0.15, -0.1) is 0 Å². The van der Waals surface area contributed by atoms with E-state index in [0.717, 1.165) is 11.1 Å². The van der Waals surface area contributed by atoms with Crippen molar-refractivity contribution in [2.75, 3.05) is 11.1 Å². The van der Waals surface area contributed by atoms with Crippen LogP contribution in [0, 0.1) is 6.92 Å². The van der Waals surface area contributed by atoms with Crippen molar-refractivity contribution in [1.82, 2.24) is 19.6 Å². The number of carbonyl (C=O) groups is 1. The summed E-state index contributed by atoms with van der Waals surface area (Å²) in [6, 6.07) is 18.6. The number of nitrogen functional groups attached to an aromatic ring is 1. The highest BCUT2D eigenvalue weighted by Gasteiger charge is 2.24. The smallest absolute Gasteiger partial charge is 0.261 e. The van der Waals surface area contributed by atoms with Crippen LogP contribution in [-0.2, 0) is 0 Å². The predicted molar refractivity (Wildman–Crippen MR) is 126 cm³/mol. The van der Waals surface area contributed by atoms with Gasteiger partial charge in [0.25, 0.3) is 5.91 Å². The number of hydrogen-bond donors (Lipinski definition) is 2. The largest absolute Gasteiger partial charge is 0.383 e. The third kappa shape index (κ3) is 3.54. The van der Waals surface area contributed by atoms with Gasteiger partial charge in [0, 0.05) is 18.1 Å². The number of amides is 1. The quantitative estimate of drug-likeness (QED) is 0.426. The van der Waals surface area contributed by atoms with Crippen LogP contribution in [0.25, 0.3) is 22.2 Å². The molecule has 8 nitrogen and oxygen atoms in total. The molecule has 3 heterocycles. The molecule has 5 rings (SSSR count). The number of hydrogen-bond acceptors (Lipinski definition) is 6. The van der Waals surface area contributed by atoms with Gasteiger partial charge in [0.05, 0.1) is 17.2 Å². The summed E-state index contributed by atoms with van der Waals surface area (Å²) in [7, 11) is 0. The summed E-state index contributed by atoms with van der Waals surface area (Å²) in [5, 5.41) is 7.40. The molecular weight excluding hydrogens is 402 g/mol. The van der Waals surface area contributed by atoms with Gasteiger partial charge in [-0.2, -0.15) is 9.78 Å². The Morgan fingerprint density at radius 2 is 1.78 bits per heavy atom. The zero-order chi connectivity index (χ0) is 22.1. The molecule has 0 fully saturated rings. The lowest BCUT2D eigenvalue weighted by atomic mass is 10.2. The molecule has 0 unspecified atom stereocenters. The fraction of sp³-hybridized carbons (Fsp3) is 0.0417. The number of para-hydroxylation sites is 2. The van der Waals surface area contributed by atoms with Gasteiger partial charge in [-0.25, -0.2) is 9.97 Å². The number of nitrogens with zero attached hydrogens (tertiary/aromatic N) is 5. The van der Waals surface area contributed by atoms with E-state index in [1.165, 1.54) is 4.68 Å². The Hall–Kier alpha value is -4.59. The molecule has 156 valence electrons. The Bertz CT molecular complexity index is 1490. The fourth-order valence-corrected chi connectivity index (χ4v) is 3.48. The average Bonchev–Trinajstić information content (AvgIpc) is 3.07. The molecule has 0 aliphatic rings. The Morgan fingerprint density at radius 3 is 2.53 bits per heavy atom. The van der Waals surface area contributed by atoms with Gasteiger partial charge in [0.1, 0.15) is 16.9 Å². The first-order valence-electron chi connectivity index (χ1n) is 9.99. The monoisotopic (exact) mass is 421 g/mol. The highest BCUT2D eigenvalue weighted by molar-refractivity contribution is 6.16. The van der Waals surface area contributed by atoms with E-state index in [1.807, 2.05) is 67.6 Å². The molecule has 0 bridgehead atoms. The molecule has 3 N–H and O–H groups in total. The summed E-state index contributed by atoms with van der Waals surface area (Å²) in [4.78, 5) is 26.6. The Labute approximate surface area is 183 Å². The van der Waals surface area contributed by atoms with Crippen LogP contribution in [0.5, 0.6) is 0 Å². The standard InChI is InChI=1S/C24H19N7O/c1-15-5-4-6-17(13-15)28-24(32)20-21-23(30-19-8-3-2-7-18(19)29-21)31(22(20)25)27-14-16-9-11-26-12-10-16/h2-14H,25H2,1H3,(H,28,32)/b27-14-. The van der Waals surface area contributed by atoms with Gasteiger partial charge in [-0.05, 0) is 54.4 Å². The van der Waals surface area contributed by atoms with Crippen LogP contribution in [0.3, 0.4) is 0 Å². The number of aromatic nitrogens is 4. The number of nitrogens with one attached hydrogen (secondary N) is 1. The topological polar surface area (TPSA) is 111 Å². The first kappa shape index (κ1) is 19.4. The van der Waals surface area contributed by atoms with Crippen LogP contribution in [0.4, 0.5) is 11.5 Å². The summed E-state index contributed by atoms with van der Waals surface area (Å²) >= 11 is 0. The predicted octanol–water partition coefficient (Wildman–Crippen LogP) is 4.00. The minimum absolute atomic E-state index is 0.158. The maximum absolute atomic E-state index is 13.3. The second kappa shape index (κ2) is 7.92. The summed E-state index contributed by atoms with van der Waals surface area (Å²) < 4.78 is 1.44. The van der Waals surface area contributed by atoms with Crippen LogP contribution in [0.2, 0.25) is 0 Å². The number of aryl methyl sites for hydroxylation is 1. The molecule has 0 spiro atoms. The molecule has 0 saturated heterocycles. The van der Waals surface area contributed by atoms with Crippen LogP contribution >= 0.6 is 0 Å². The van der Waals surface area contributed by atoms with Crippen molar-refractivity contribution in [1.29, 1.82) is 0 Å². The lowest BCUT2D eigenvalue weighted by Gasteiger charge is -2.06. The summed E-state index contributed by atoms with van der Waals surface area (Å²) in [5.74, 6) is -0.216. The minimum atomic E-state index is -0.374. The highest BCUT2D eigenvalue weighted by Crippen LogP contribution is 2.28. The third-order valence-electron chi connectivity index (χ3n) is 5.01. The van der Waals surface area contributed by atoms with Gasteiger partial charge in [-0.3, -0.25) is 9.78 Å². The maximum atomic E-state index is 13.3. The minimum Gasteiger partial charge on any atom is -0.383 e. The molecule has 8 heteroatoms. The van der Waals surface area contributed by atoms with E-state index in [0.29, 0.717) is 27.9 Å². The molecule has 0 atom stereocenters. The molecule has 5 aromatic rings. The van der Waals surface area contributed by atoms with Crippen molar-refractivity contribution in [3.8, 4) is 0 Å². The highest BCUT2D eigenvalue weighted by atomic mass is 16.1. The van der Waals surface area contributed by atoms with E-state index in [1.54, 1.807) is 18.6 Å². The van der Waals surface area contributed by atoms with Crippen molar-refractivity contribution in [2.45, 2.75) is 6.92 Å². The SMILES string of the molecule is Cc1cccc(NC(=O)c2c(N)n(/N=C\c3ccncc3)c3nc4ccccc4nc23)c1. The van der Waals surface area contributed by atoms with Crippen molar-refractivity contribution < 1.29 is 4.79 Å². The van der Waals surface area contributed by atoms with E-state index >= 15 is 0 Å². The van der Waals surface area contributed by atoms with Crippen LogP contribution in [0.15, 0.2) is 78.2 Å². The average molecular weight is 421 g/mol. The fourth-order valence-electron chi connectivity index (χ4n) is 3.48. The number of rotatable bonds is 4. The lowest BCUT2D eigenvalue weighted by Crippen LogP contribution is -2.14. The van der Waals surface area contributed by atoms with Gasteiger partial charge < -0.3 is 11.1 Å². The Balaban J connectivity index is 1.67. The van der Waals surface area contributed by atoms with Crippen molar-refractivity contribution >= 4 is 45.8 Å². The summed E-state index contributed by atoms with van der Waals surface area (Å²) in [6.07, 6.45) is 4.98. The van der Waals surface area contributed by atoms with Gasteiger partial charge in [0.15, 0.2) is 5.65 Å². The maximum Gasteiger partial charge on any atom is 0.261 e. The zero-order valence-corrected chi connectivity index (χ0v) is 17.2. The Kier molecular flexibility index (Phi) is 4.79. The van der Waals surface area contributed by atoms with E-state index in [4.69, 9.17) is 5.73 Å². The molecule has 0 saturated carbocycles. The van der Waals surface area contributed by atoms with Crippen LogP contribution in [-0.4, -0.2) is 31.7 Å². The van der Waals surface area contributed by atoms with E-state index < -0.39 is 0 Å². The van der Waals surface area contributed by atoms with Gasteiger partial charge in [0.2, 0.25) is 0 Å². The molecular formula is C24H19N7O. The van der Waals surface area contributed by atoms with Crippen LogP contribution in [0.1, 0.15) is 21.5 Å². The van der Waals surface area contributed by atoms with Gasteiger partial charge in [-0.1, -0.05) is 24.3 Å². The second-order valence-corrected chi connectivity index (χ2v) is 7.31. The van der Waals surface area contributed by atoms with Crippen molar-refractivity contribution in [3.63, 3.8) is 0 Å². The van der Waals surface area contributed by atoms with Crippen molar-refractivity contribution in [3.05, 3.63) is 89.7 Å². The van der Waals surface area contributed by atoms with Crippen molar-refractivity contribution in [2.24, 2.45) is 5.10 Å². The molecule has 0 aliphatic carbocycles. The van der Waals surface area contributed by atoms with Gasteiger partial charge >= 0.3 is 0 Å². The number of nitrogens with two attached hydrogens (primary N) is 1. The molecule has 0 aliphatic heterocycles. The van der Waals surface area contributed by atoms with E-state index in [-0.39, 0.29) is 17.3 Å². The van der Waals surface area contributed by atoms with E-state index in [2.05, 4.69) is 25.4 Å². The molecule has 0 radical (unpaired) electrons. The summed E-state index contributed by atoms with van der Waals surface area (Å²) in [6.45, 7) is 1.96. The normalized spacial score (nSPS) is 11.4. The first-order valence-corrected chi connectivity index (χ1v) is 9.99. The lowest BCUT2D eigenvalue weighted by molar-refractivity contribution is 0.102.